The van der Waals surface area contributed by atoms with Crippen molar-refractivity contribution >= 4 is 5.97 Å². The Labute approximate surface area is 119 Å². The fraction of sp³-hybridized carbons (Fsp3) is 0.533. The maximum absolute atomic E-state index is 13.0. The van der Waals surface area contributed by atoms with Gasteiger partial charge in [0.15, 0.2) is 0 Å². The molecule has 0 bridgehead atoms. The molecule has 20 heavy (non-hydrogen) atoms. The predicted octanol–water partition coefficient (Wildman–Crippen LogP) is 2.00. The summed E-state index contributed by atoms with van der Waals surface area (Å²) in [5, 5.41) is 15.3. The highest BCUT2D eigenvalue weighted by Crippen LogP contribution is 2.19. The van der Waals surface area contributed by atoms with Gasteiger partial charge >= 0.3 is 5.97 Å². The summed E-state index contributed by atoms with van der Waals surface area (Å²) in [5.74, 6) is -1.09. The molecule has 1 rings (SSSR count). The number of halogens is 1. The van der Waals surface area contributed by atoms with Crippen LogP contribution in [-0.2, 0) is 11.3 Å². The number of carboxylic acid groups (broad SMARTS) is 1. The minimum absolute atomic E-state index is 0.249. The van der Waals surface area contributed by atoms with Crippen molar-refractivity contribution in [3.05, 3.63) is 35.6 Å². The van der Waals surface area contributed by atoms with Gasteiger partial charge in [0, 0.05) is 19.6 Å². The number of carboxylic acids is 1. The van der Waals surface area contributed by atoms with Gasteiger partial charge in [0.2, 0.25) is 0 Å². The lowest BCUT2D eigenvalue weighted by Crippen LogP contribution is -2.48. The first-order valence-electron chi connectivity index (χ1n) is 6.72. The fourth-order valence-corrected chi connectivity index (χ4v) is 1.95. The average Bonchev–Trinajstić information content (AvgIpc) is 2.31. The monoisotopic (exact) mass is 282 g/mol. The fourth-order valence-electron chi connectivity index (χ4n) is 1.95. The Hall–Kier alpha value is -1.46. The number of nitrogens with one attached hydrogen (secondary N) is 2. The molecule has 1 aromatic carbocycles. The van der Waals surface area contributed by atoms with Crippen LogP contribution in [-0.4, -0.2) is 30.2 Å². The lowest BCUT2D eigenvalue weighted by molar-refractivity contribution is -0.142. The molecule has 0 heterocycles. The van der Waals surface area contributed by atoms with Crippen LogP contribution in [0.4, 0.5) is 4.39 Å². The van der Waals surface area contributed by atoms with Crippen molar-refractivity contribution in [2.45, 2.75) is 33.4 Å². The van der Waals surface area contributed by atoms with Crippen LogP contribution in [0.2, 0.25) is 0 Å². The van der Waals surface area contributed by atoms with Crippen molar-refractivity contribution in [1.82, 2.24) is 10.6 Å². The normalized spacial score (nSPS) is 13.2. The molecule has 112 valence electrons. The Bertz CT molecular complexity index is 444. The van der Waals surface area contributed by atoms with E-state index in [-0.39, 0.29) is 11.2 Å². The molecule has 0 aliphatic heterocycles. The molecule has 4 nitrogen and oxygen atoms in total. The van der Waals surface area contributed by atoms with Gasteiger partial charge in [0.25, 0.3) is 0 Å². The van der Waals surface area contributed by atoms with Crippen LogP contribution in [0.3, 0.4) is 0 Å². The lowest BCUT2D eigenvalue weighted by atomic mass is 9.87. The van der Waals surface area contributed by atoms with Crippen molar-refractivity contribution in [2.75, 3.05) is 13.1 Å². The topological polar surface area (TPSA) is 61.4 Å². The van der Waals surface area contributed by atoms with Gasteiger partial charge in [-0.2, -0.15) is 0 Å². The van der Waals surface area contributed by atoms with Gasteiger partial charge in [-0.15, -0.1) is 0 Å². The van der Waals surface area contributed by atoms with E-state index in [0.717, 1.165) is 5.56 Å². The number of carbonyl (C=O) groups is 1. The second-order valence-corrected chi connectivity index (χ2v) is 5.90. The zero-order chi connectivity index (χ0) is 15.2. The van der Waals surface area contributed by atoms with Gasteiger partial charge in [-0.1, -0.05) is 32.9 Å². The molecule has 0 unspecified atom stereocenters. The van der Waals surface area contributed by atoms with E-state index in [2.05, 4.69) is 10.6 Å². The van der Waals surface area contributed by atoms with E-state index >= 15 is 0 Å². The molecule has 0 aromatic heterocycles. The first-order chi connectivity index (χ1) is 9.30. The number of aliphatic carboxylic acids is 1. The van der Waals surface area contributed by atoms with Crippen LogP contribution in [0, 0.1) is 11.2 Å². The summed E-state index contributed by atoms with van der Waals surface area (Å²) in [7, 11) is 0. The number of benzene rings is 1. The van der Waals surface area contributed by atoms with E-state index in [1.54, 1.807) is 6.07 Å². The van der Waals surface area contributed by atoms with Gasteiger partial charge in [0.05, 0.1) is 0 Å². The summed E-state index contributed by atoms with van der Waals surface area (Å²) in [4.78, 5) is 11.1. The van der Waals surface area contributed by atoms with Gasteiger partial charge in [-0.05, 0) is 23.1 Å². The Morgan fingerprint density at radius 3 is 2.60 bits per heavy atom. The molecular formula is C15H23FN2O2. The zero-order valence-corrected chi connectivity index (χ0v) is 12.2. The summed E-state index contributed by atoms with van der Waals surface area (Å²) in [6.07, 6.45) is 0. The van der Waals surface area contributed by atoms with E-state index in [4.69, 9.17) is 5.11 Å². The van der Waals surface area contributed by atoms with E-state index in [1.807, 2.05) is 26.8 Å². The Kier molecular flexibility index (Phi) is 6.10. The van der Waals surface area contributed by atoms with Crippen molar-refractivity contribution in [1.29, 1.82) is 0 Å². The molecule has 0 spiro atoms. The maximum Gasteiger partial charge on any atom is 0.321 e. The van der Waals surface area contributed by atoms with Crippen LogP contribution in [0.15, 0.2) is 24.3 Å². The minimum Gasteiger partial charge on any atom is -0.480 e. The highest BCUT2D eigenvalue weighted by atomic mass is 19.1. The summed E-state index contributed by atoms with van der Waals surface area (Å²) < 4.78 is 13.0. The molecule has 0 aliphatic rings. The summed E-state index contributed by atoms with van der Waals surface area (Å²) in [6.45, 7) is 7.39. The Morgan fingerprint density at radius 2 is 2.05 bits per heavy atom. The first-order valence-corrected chi connectivity index (χ1v) is 6.72. The molecule has 1 atom stereocenters. The second kappa shape index (κ2) is 7.36. The van der Waals surface area contributed by atoms with Gasteiger partial charge in [-0.3, -0.25) is 4.79 Å². The molecule has 0 fully saturated rings. The molecular weight excluding hydrogens is 259 g/mol. The quantitative estimate of drug-likeness (QED) is 0.669. The largest absolute Gasteiger partial charge is 0.480 e. The SMILES string of the molecule is CC(C)(C)[C@H](NCCNCc1cccc(F)c1)C(=O)O. The van der Waals surface area contributed by atoms with Crippen LogP contribution < -0.4 is 10.6 Å². The predicted molar refractivity (Wildman–Crippen MR) is 77.0 cm³/mol. The summed E-state index contributed by atoms with van der Waals surface area (Å²) in [6, 6.07) is 5.82. The second-order valence-electron chi connectivity index (χ2n) is 5.90. The summed E-state index contributed by atoms with van der Waals surface area (Å²) >= 11 is 0. The smallest absolute Gasteiger partial charge is 0.321 e. The molecule has 0 saturated heterocycles. The van der Waals surface area contributed by atoms with E-state index in [1.165, 1.54) is 12.1 Å². The first kappa shape index (κ1) is 16.6. The van der Waals surface area contributed by atoms with Crippen molar-refractivity contribution in [3.63, 3.8) is 0 Å². The third-order valence-electron chi connectivity index (χ3n) is 2.98. The Morgan fingerprint density at radius 1 is 1.35 bits per heavy atom. The van der Waals surface area contributed by atoms with E-state index in [0.29, 0.717) is 19.6 Å². The van der Waals surface area contributed by atoms with E-state index in [9.17, 15) is 9.18 Å². The standard InChI is InChI=1S/C15H23FN2O2/c1-15(2,3)13(14(19)20)18-8-7-17-10-11-5-4-6-12(16)9-11/h4-6,9,13,17-18H,7-8,10H2,1-3H3,(H,19,20)/t13-/m1/s1. The Balaban J connectivity index is 2.29. The zero-order valence-electron chi connectivity index (χ0n) is 12.2. The molecule has 1 aromatic rings. The maximum atomic E-state index is 13.0. The molecule has 0 radical (unpaired) electrons. The van der Waals surface area contributed by atoms with Crippen LogP contribution in [0.5, 0.6) is 0 Å². The van der Waals surface area contributed by atoms with Crippen LogP contribution >= 0.6 is 0 Å². The summed E-state index contributed by atoms with van der Waals surface area (Å²) in [5.41, 5.74) is 0.532. The van der Waals surface area contributed by atoms with Gasteiger partial charge in [-0.25, -0.2) is 4.39 Å². The third kappa shape index (κ3) is 5.67. The minimum atomic E-state index is -0.845. The van der Waals surface area contributed by atoms with Crippen molar-refractivity contribution < 1.29 is 14.3 Å². The number of hydrogen-bond donors (Lipinski definition) is 3. The van der Waals surface area contributed by atoms with Gasteiger partial charge in [0.1, 0.15) is 11.9 Å². The highest BCUT2D eigenvalue weighted by molar-refractivity contribution is 5.74. The lowest BCUT2D eigenvalue weighted by Gasteiger charge is -2.28. The number of rotatable bonds is 7. The molecule has 0 amide bonds. The number of hydrogen-bond acceptors (Lipinski definition) is 3. The van der Waals surface area contributed by atoms with Gasteiger partial charge < -0.3 is 15.7 Å². The molecule has 5 heteroatoms. The highest BCUT2D eigenvalue weighted by Gasteiger charge is 2.30. The van der Waals surface area contributed by atoms with E-state index < -0.39 is 12.0 Å². The molecule has 0 saturated carbocycles. The average molecular weight is 282 g/mol. The van der Waals surface area contributed by atoms with Crippen molar-refractivity contribution in [2.24, 2.45) is 5.41 Å². The molecule has 3 N–H and O–H groups in total. The molecule has 0 aliphatic carbocycles. The van der Waals surface area contributed by atoms with Crippen molar-refractivity contribution in [3.8, 4) is 0 Å². The van der Waals surface area contributed by atoms with Crippen LogP contribution in [0.1, 0.15) is 26.3 Å². The third-order valence-corrected chi connectivity index (χ3v) is 2.98. The van der Waals surface area contributed by atoms with Crippen LogP contribution in [0.25, 0.3) is 0 Å².